The lowest BCUT2D eigenvalue weighted by molar-refractivity contribution is 0.185. The fourth-order valence-corrected chi connectivity index (χ4v) is 2.90. The molecule has 0 unspecified atom stereocenters. The summed E-state index contributed by atoms with van der Waals surface area (Å²) in [7, 11) is 0. The van der Waals surface area contributed by atoms with Gasteiger partial charge in [-0.25, -0.2) is 0 Å². The van der Waals surface area contributed by atoms with Crippen LogP contribution in [0, 0.1) is 6.92 Å². The first kappa shape index (κ1) is 15.6. The Morgan fingerprint density at radius 3 is 2.61 bits per heavy atom. The molecule has 23 heavy (non-hydrogen) atoms. The number of hydrazone groups is 1. The van der Waals surface area contributed by atoms with Gasteiger partial charge in [-0.05, 0) is 74.9 Å². The summed E-state index contributed by atoms with van der Waals surface area (Å²) in [5.74, 6) is 0.848. The summed E-state index contributed by atoms with van der Waals surface area (Å²) < 4.78 is 5.81. The van der Waals surface area contributed by atoms with Gasteiger partial charge in [0.25, 0.3) is 0 Å². The van der Waals surface area contributed by atoms with Crippen molar-refractivity contribution in [3.05, 3.63) is 64.7 Å². The molecule has 0 fully saturated rings. The van der Waals surface area contributed by atoms with Crippen LogP contribution in [0.3, 0.4) is 0 Å². The molecule has 1 aliphatic rings. The summed E-state index contributed by atoms with van der Waals surface area (Å²) in [6.45, 7) is 6.05. The highest BCUT2D eigenvalue weighted by atomic mass is 16.5. The molecule has 2 aromatic rings. The Bertz CT molecular complexity index is 704. The monoisotopic (exact) mass is 308 g/mol. The molecule has 1 aliphatic carbocycles. The van der Waals surface area contributed by atoms with Gasteiger partial charge in [0.05, 0.1) is 5.71 Å². The lowest BCUT2D eigenvalue weighted by atomic mass is 10.0. The molecular weight excluding hydrogens is 284 g/mol. The van der Waals surface area contributed by atoms with Gasteiger partial charge < -0.3 is 4.74 Å². The summed E-state index contributed by atoms with van der Waals surface area (Å²) in [5.41, 5.74) is 9.43. The summed E-state index contributed by atoms with van der Waals surface area (Å²) in [6, 6.07) is 14.7. The molecule has 0 spiro atoms. The normalized spacial score (nSPS) is 15.2. The molecule has 0 radical (unpaired) electrons. The molecule has 0 heterocycles. The van der Waals surface area contributed by atoms with E-state index in [1.54, 1.807) is 0 Å². The predicted octanol–water partition coefficient (Wildman–Crippen LogP) is 4.22. The number of hydrogen-bond donors (Lipinski definition) is 1. The van der Waals surface area contributed by atoms with Crippen molar-refractivity contribution in [2.75, 3.05) is 0 Å². The van der Waals surface area contributed by atoms with Crippen LogP contribution in [-0.2, 0) is 12.8 Å². The van der Waals surface area contributed by atoms with Gasteiger partial charge >= 0.3 is 0 Å². The Morgan fingerprint density at radius 2 is 1.83 bits per heavy atom. The highest BCUT2D eigenvalue weighted by Crippen LogP contribution is 2.23. The largest absolute Gasteiger partial charge is 0.470 e. The van der Waals surface area contributed by atoms with Crippen molar-refractivity contribution in [1.29, 1.82) is 0 Å². The van der Waals surface area contributed by atoms with Crippen LogP contribution in [0.4, 0.5) is 0 Å². The Morgan fingerprint density at radius 1 is 1.09 bits per heavy atom. The minimum absolute atomic E-state index is 0.179. The molecule has 0 bridgehead atoms. The molecule has 120 valence electrons. The Labute approximate surface area is 138 Å². The van der Waals surface area contributed by atoms with Crippen LogP contribution >= 0.6 is 0 Å². The first-order chi connectivity index (χ1) is 11.1. The molecule has 3 rings (SSSR count). The lowest BCUT2D eigenvalue weighted by Gasteiger charge is -2.15. The zero-order valence-electron chi connectivity index (χ0n) is 14.1. The van der Waals surface area contributed by atoms with Gasteiger partial charge in [0.1, 0.15) is 5.75 Å². The van der Waals surface area contributed by atoms with Crippen molar-refractivity contribution in [3.8, 4) is 5.75 Å². The van der Waals surface area contributed by atoms with Gasteiger partial charge in [-0.15, -0.1) is 0 Å². The van der Waals surface area contributed by atoms with Crippen molar-refractivity contribution in [3.63, 3.8) is 0 Å². The summed E-state index contributed by atoms with van der Waals surface area (Å²) in [6.07, 6.45) is 3.50. The number of nitrogens with one attached hydrogen (secondary N) is 1. The Kier molecular flexibility index (Phi) is 4.65. The molecule has 3 heteroatoms. The molecular formula is C20H24N2O. The molecule has 3 nitrogen and oxygen atoms in total. The first-order valence-electron chi connectivity index (χ1n) is 8.27. The van der Waals surface area contributed by atoms with E-state index in [2.05, 4.69) is 35.7 Å². The number of hydrogen-bond acceptors (Lipinski definition) is 3. The number of rotatable bonds is 5. The summed E-state index contributed by atoms with van der Waals surface area (Å²) >= 11 is 0. The average molecular weight is 308 g/mol. The minimum atomic E-state index is -0.179. The number of fused-ring (bicyclic) bond motifs is 1. The first-order valence-corrected chi connectivity index (χ1v) is 8.27. The van der Waals surface area contributed by atoms with Gasteiger partial charge in [0, 0.05) is 0 Å². The van der Waals surface area contributed by atoms with Crippen molar-refractivity contribution in [2.45, 2.75) is 46.3 Å². The molecule has 1 atom stereocenters. The Balaban J connectivity index is 1.61. The van der Waals surface area contributed by atoms with Crippen LogP contribution in [0.1, 0.15) is 42.5 Å². The number of ether oxygens (including phenoxy) is 1. The maximum absolute atomic E-state index is 5.81. The van der Waals surface area contributed by atoms with E-state index < -0.39 is 0 Å². The predicted molar refractivity (Wildman–Crippen MR) is 95.1 cm³/mol. The lowest BCUT2D eigenvalue weighted by Crippen LogP contribution is -2.28. The van der Waals surface area contributed by atoms with Crippen LogP contribution in [0.2, 0.25) is 0 Å². The van der Waals surface area contributed by atoms with Crippen LogP contribution in [-0.4, -0.2) is 11.9 Å². The average Bonchev–Trinajstić information content (AvgIpc) is 3.02. The van der Waals surface area contributed by atoms with E-state index in [-0.39, 0.29) is 6.23 Å². The van der Waals surface area contributed by atoms with Gasteiger partial charge in [0.15, 0.2) is 6.23 Å². The van der Waals surface area contributed by atoms with Crippen LogP contribution in [0.15, 0.2) is 47.6 Å². The second kappa shape index (κ2) is 6.86. The Hall–Kier alpha value is -2.29. The standard InChI is InChI=1S/C20H24N2O/c1-14-7-11-20(12-8-14)23-16(3)22-21-15(2)18-10-9-17-5-4-6-19(17)13-18/h7-13,16,22H,4-6H2,1-3H3/b21-15-/t16-/m1/s1. The molecule has 0 aliphatic heterocycles. The van der Waals surface area contributed by atoms with Crippen LogP contribution in [0.25, 0.3) is 0 Å². The zero-order valence-corrected chi connectivity index (χ0v) is 14.1. The molecule has 2 aromatic carbocycles. The SMILES string of the molecule is C/C(=N/N[C@@H](C)Oc1ccc(C)cc1)c1ccc2c(c1)CCC2. The third-order valence-corrected chi connectivity index (χ3v) is 4.26. The molecule has 0 aromatic heterocycles. The maximum atomic E-state index is 5.81. The quantitative estimate of drug-likeness (QED) is 0.509. The third kappa shape index (κ3) is 3.92. The van der Waals surface area contributed by atoms with Crippen molar-refractivity contribution >= 4 is 5.71 Å². The van der Waals surface area contributed by atoms with E-state index in [9.17, 15) is 0 Å². The summed E-state index contributed by atoms with van der Waals surface area (Å²) in [5, 5.41) is 4.48. The van der Waals surface area contributed by atoms with Gasteiger partial charge in [-0.1, -0.05) is 29.8 Å². The highest BCUT2D eigenvalue weighted by molar-refractivity contribution is 5.98. The number of benzene rings is 2. The molecule has 0 saturated carbocycles. The van der Waals surface area contributed by atoms with Crippen LogP contribution < -0.4 is 10.2 Å². The van der Waals surface area contributed by atoms with Gasteiger partial charge in [-0.2, -0.15) is 5.10 Å². The maximum Gasteiger partial charge on any atom is 0.181 e. The minimum Gasteiger partial charge on any atom is -0.470 e. The highest BCUT2D eigenvalue weighted by Gasteiger charge is 2.11. The molecule has 1 N–H and O–H groups in total. The van der Waals surface area contributed by atoms with Crippen molar-refractivity contribution < 1.29 is 4.74 Å². The van der Waals surface area contributed by atoms with E-state index in [4.69, 9.17) is 4.74 Å². The number of aryl methyl sites for hydroxylation is 3. The van der Waals surface area contributed by atoms with Crippen molar-refractivity contribution in [1.82, 2.24) is 5.43 Å². The van der Waals surface area contributed by atoms with E-state index >= 15 is 0 Å². The fourth-order valence-electron chi connectivity index (χ4n) is 2.90. The van der Waals surface area contributed by atoms with E-state index in [1.165, 1.54) is 41.5 Å². The summed E-state index contributed by atoms with van der Waals surface area (Å²) in [4.78, 5) is 0. The van der Waals surface area contributed by atoms with Crippen LogP contribution in [0.5, 0.6) is 5.75 Å². The van der Waals surface area contributed by atoms with Gasteiger partial charge in [0.2, 0.25) is 0 Å². The smallest absolute Gasteiger partial charge is 0.181 e. The van der Waals surface area contributed by atoms with E-state index in [1.807, 2.05) is 38.1 Å². The van der Waals surface area contributed by atoms with Gasteiger partial charge in [-0.3, -0.25) is 5.43 Å². The van der Waals surface area contributed by atoms with Crippen molar-refractivity contribution in [2.24, 2.45) is 5.10 Å². The zero-order chi connectivity index (χ0) is 16.2. The molecule has 0 amide bonds. The number of nitrogens with zero attached hydrogens (tertiary/aromatic N) is 1. The topological polar surface area (TPSA) is 33.6 Å². The third-order valence-electron chi connectivity index (χ3n) is 4.26. The second-order valence-corrected chi connectivity index (χ2v) is 6.24. The fraction of sp³-hybridized carbons (Fsp3) is 0.350. The second-order valence-electron chi connectivity index (χ2n) is 6.24. The van der Waals surface area contributed by atoms with E-state index in [0.29, 0.717) is 0 Å². The molecule has 0 saturated heterocycles. The van der Waals surface area contributed by atoms with E-state index in [0.717, 1.165) is 11.5 Å².